The topological polar surface area (TPSA) is 85.3 Å². The summed E-state index contributed by atoms with van der Waals surface area (Å²) in [6, 6.07) is 15.7. The molecular weight excluding hydrogens is 380 g/mol. The zero-order valence-electron chi connectivity index (χ0n) is 15.5. The summed E-state index contributed by atoms with van der Waals surface area (Å²) in [4.78, 5) is 11.9. The number of rotatable bonds is 7. The normalized spacial score (nSPS) is 16.6. The molecule has 1 unspecified atom stereocenters. The molecule has 28 heavy (non-hydrogen) atoms. The van der Waals surface area contributed by atoms with E-state index in [0.717, 1.165) is 15.7 Å². The Hall–Kier alpha value is -2.87. The second-order valence-electron chi connectivity index (χ2n) is 6.31. The molecule has 0 bridgehead atoms. The maximum absolute atomic E-state index is 12.7. The maximum Gasteiger partial charge on any atom is 0.331 e. The molecule has 0 fully saturated rings. The van der Waals surface area contributed by atoms with Crippen LogP contribution in [-0.4, -0.2) is 43.9 Å². The average Bonchev–Trinajstić information content (AvgIpc) is 2.73. The number of carbonyl (C=O) groups is 1. The molecule has 0 amide bonds. The molecule has 1 aliphatic rings. The van der Waals surface area contributed by atoms with Crippen LogP contribution < -0.4 is 4.74 Å². The van der Waals surface area contributed by atoms with Crippen molar-refractivity contribution in [2.45, 2.75) is 25.3 Å². The van der Waals surface area contributed by atoms with E-state index in [1.165, 1.54) is 13.3 Å². The maximum atomic E-state index is 12.7. The predicted octanol–water partition coefficient (Wildman–Crippen LogP) is 2.97. The number of esters is 1. The molecule has 0 saturated carbocycles. The molecular formula is C20H22N2O5S. The van der Waals surface area contributed by atoms with Crippen LogP contribution >= 0.6 is 0 Å². The van der Waals surface area contributed by atoms with Gasteiger partial charge in [0.25, 0.3) is 10.0 Å². The first kappa shape index (κ1) is 19.9. The van der Waals surface area contributed by atoms with Gasteiger partial charge in [-0.3, -0.25) is 0 Å². The van der Waals surface area contributed by atoms with Gasteiger partial charge in [-0.25, -0.2) is 13.2 Å². The fourth-order valence-corrected chi connectivity index (χ4v) is 4.33. The smallest absolute Gasteiger partial charge is 0.331 e. The lowest BCUT2D eigenvalue weighted by Crippen LogP contribution is -2.45. The number of sulfonamides is 1. The van der Waals surface area contributed by atoms with Crippen molar-refractivity contribution in [2.75, 3.05) is 12.9 Å². The van der Waals surface area contributed by atoms with Crippen LogP contribution in [0, 0.1) is 0 Å². The van der Waals surface area contributed by atoms with Gasteiger partial charge in [0.2, 0.25) is 0 Å². The van der Waals surface area contributed by atoms with Gasteiger partial charge in [0.1, 0.15) is 11.5 Å². The van der Waals surface area contributed by atoms with E-state index in [-0.39, 0.29) is 5.75 Å². The first-order valence-corrected chi connectivity index (χ1v) is 10.5. The summed E-state index contributed by atoms with van der Waals surface area (Å²) in [6.45, 7) is 0. The van der Waals surface area contributed by atoms with Gasteiger partial charge < -0.3 is 9.47 Å². The van der Waals surface area contributed by atoms with E-state index < -0.39 is 22.0 Å². The molecule has 0 N–H and O–H groups in total. The predicted molar refractivity (Wildman–Crippen MR) is 106 cm³/mol. The molecule has 0 aliphatic carbocycles. The molecule has 8 heteroatoms. The number of aryl methyl sites for hydroxylation is 1. The number of carbonyl (C=O) groups excluding carboxylic acids is 1. The minimum atomic E-state index is -3.74. The van der Waals surface area contributed by atoms with Crippen LogP contribution in [0.5, 0.6) is 11.5 Å². The summed E-state index contributed by atoms with van der Waals surface area (Å²) >= 11 is 0. The molecule has 0 aromatic heterocycles. The van der Waals surface area contributed by atoms with Gasteiger partial charge in [-0.15, -0.1) is 0 Å². The van der Waals surface area contributed by atoms with Gasteiger partial charge >= 0.3 is 5.97 Å². The van der Waals surface area contributed by atoms with E-state index in [2.05, 4.69) is 5.10 Å². The van der Waals surface area contributed by atoms with Crippen molar-refractivity contribution in [2.24, 2.45) is 5.10 Å². The number of methoxy groups -OCH3 is 1. The minimum absolute atomic E-state index is 0.156. The Kier molecular flexibility index (Phi) is 6.30. The molecule has 1 aliphatic heterocycles. The lowest BCUT2D eigenvalue weighted by Gasteiger charge is -2.28. The second-order valence-corrected chi connectivity index (χ2v) is 8.26. The monoisotopic (exact) mass is 402 g/mol. The molecule has 148 valence electrons. The number of hydrazone groups is 1. The van der Waals surface area contributed by atoms with Gasteiger partial charge in [-0.2, -0.15) is 9.52 Å². The number of benzene rings is 2. The van der Waals surface area contributed by atoms with Gasteiger partial charge in [0.15, 0.2) is 6.04 Å². The quantitative estimate of drug-likeness (QED) is 0.665. The SMILES string of the molecule is COC(=O)C1CCC=NN1S(=O)(=O)CCc1ccc(Oc2ccccc2)cc1. The third kappa shape index (κ3) is 4.89. The van der Waals surface area contributed by atoms with Crippen LogP contribution in [0.25, 0.3) is 0 Å². The summed E-state index contributed by atoms with van der Waals surface area (Å²) in [5.74, 6) is 0.651. The Bertz CT molecular complexity index is 927. The van der Waals surface area contributed by atoms with E-state index in [9.17, 15) is 13.2 Å². The third-order valence-electron chi connectivity index (χ3n) is 4.34. The molecule has 1 heterocycles. The van der Waals surface area contributed by atoms with Crippen molar-refractivity contribution in [3.63, 3.8) is 0 Å². The van der Waals surface area contributed by atoms with Crippen molar-refractivity contribution < 1.29 is 22.7 Å². The highest BCUT2D eigenvalue weighted by Gasteiger charge is 2.35. The van der Waals surface area contributed by atoms with Crippen LogP contribution in [0.15, 0.2) is 59.7 Å². The van der Waals surface area contributed by atoms with Gasteiger partial charge in [0, 0.05) is 6.21 Å². The summed E-state index contributed by atoms with van der Waals surface area (Å²) in [7, 11) is -2.50. The van der Waals surface area contributed by atoms with Crippen molar-refractivity contribution in [1.29, 1.82) is 0 Å². The number of nitrogens with zero attached hydrogens (tertiary/aromatic N) is 2. The minimum Gasteiger partial charge on any atom is -0.467 e. The third-order valence-corrected chi connectivity index (χ3v) is 5.98. The summed E-state index contributed by atoms with van der Waals surface area (Å²) in [5, 5.41) is 3.92. The molecule has 0 radical (unpaired) electrons. The Morgan fingerprint density at radius 2 is 1.79 bits per heavy atom. The van der Waals surface area contributed by atoms with Crippen LogP contribution in [-0.2, 0) is 26.0 Å². The van der Waals surface area contributed by atoms with Crippen LogP contribution in [0.4, 0.5) is 0 Å². The summed E-state index contributed by atoms with van der Waals surface area (Å²) < 4.78 is 36.7. The highest BCUT2D eigenvalue weighted by molar-refractivity contribution is 7.89. The van der Waals surface area contributed by atoms with E-state index in [1.54, 1.807) is 12.1 Å². The van der Waals surface area contributed by atoms with E-state index in [4.69, 9.17) is 9.47 Å². The van der Waals surface area contributed by atoms with Crippen molar-refractivity contribution >= 4 is 22.2 Å². The van der Waals surface area contributed by atoms with Crippen LogP contribution in [0.2, 0.25) is 0 Å². The van der Waals surface area contributed by atoms with E-state index >= 15 is 0 Å². The van der Waals surface area contributed by atoms with Crippen molar-refractivity contribution in [3.05, 3.63) is 60.2 Å². The van der Waals surface area contributed by atoms with Gasteiger partial charge in [0.05, 0.1) is 12.9 Å². The standard InChI is InChI=1S/C20H22N2O5S/c1-26-20(23)19-8-5-14-21-22(19)28(24,25)15-13-16-9-11-18(12-10-16)27-17-6-3-2-4-7-17/h2-4,6-7,9-12,14,19H,5,8,13,15H2,1H3. The Labute approximate surface area is 164 Å². The number of hydrogen-bond acceptors (Lipinski definition) is 6. The molecule has 3 rings (SSSR count). The molecule has 0 saturated heterocycles. The zero-order chi connectivity index (χ0) is 20.0. The van der Waals surface area contributed by atoms with E-state index in [0.29, 0.717) is 25.0 Å². The first-order chi connectivity index (χ1) is 13.5. The molecule has 2 aromatic rings. The molecule has 2 aromatic carbocycles. The van der Waals surface area contributed by atoms with Gasteiger partial charge in [-0.1, -0.05) is 30.3 Å². The summed E-state index contributed by atoms with van der Waals surface area (Å²) in [5.41, 5.74) is 0.847. The fourth-order valence-electron chi connectivity index (χ4n) is 2.86. The lowest BCUT2D eigenvalue weighted by molar-refractivity contribution is -0.145. The first-order valence-electron chi connectivity index (χ1n) is 8.94. The Morgan fingerprint density at radius 3 is 2.46 bits per heavy atom. The van der Waals surface area contributed by atoms with Crippen molar-refractivity contribution in [3.8, 4) is 11.5 Å². The molecule has 0 spiro atoms. The van der Waals surface area contributed by atoms with Gasteiger partial charge in [-0.05, 0) is 49.1 Å². The number of para-hydroxylation sites is 1. The summed E-state index contributed by atoms with van der Waals surface area (Å²) in [6.07, 6.45) is 2.70. The van der Waals surface area contributed by atoms with Crippen molar-refractivity contribution in [1.82, 2.24) is 4.41 Å². The number of hydrogen-bond donors (Lipinski definition) is 0. The second kappa shape index (κ2) is 8.88. The van der Waals surface area contributed by atoms with E-state index in [1.807, 2.05) is 42.5 Å². The highest BCUT2D eigenvalue weighted by Crippen LogP contribution is 2.22. The average molecular weight is 402 g/mol. The molecule has 7 nitrogen and oxygen atoms in total. The fraction of sp³-hybridized carbons (Fsp3) is 0.300. The Balaban J connectivity index is 1.63. The number of ether oxygens (including phenoxy) is 2. The van der Waals surface area contributed by atoms with Crippen LogP contribution in [0.3, 0.4) is 0 Å². The highest BCUT2D eigenvalue weighted by atomic mass is 32.2. The van der Waals surface area contributed by atoms with Crippen LogP contribution in [0.1, 0.15) is 18.4 Å². The Morgan fingerprint density at radius 1 is 1.11 bits per heavy atom. The largest absolute Gasteiger partial charge is 0.467 e. The lowest BCUT2D eigenvalue weighted by atomic mass is 10.1. The molecule has 1 atom stereocenters. The zero-order valence-corrected chi connectivity index (χ0v) is 16.3.